The number of carbonyl (C=O) groups is 4. The number of aromatic hydroxyl groups is 1. The lowest BCUT2D eigenvalue weighted by atomic mass is 9.83. The van der Waals surface area contributed by atoms with E-state index in [4.69, 9.17) is 9.94 Å². The summed E-state index contributed by atoms with van der Waals surface area (Å²) in [6.07, 6.45) is 2.22. The van der Waals surface area contributed by atoms with Crippen LogP contribution in [0.25, 0.3) is 0 Å². The van der Waals surface area contributed by atoms with Crippen LogP contribution in [0.5, 0.6) is 5.75 Å². The Hall–Kier alpha value is -4.27. The standard InChI is InChI=1S/C35H49B2N7O7/c36-27-19-23(20-28(37)32(27)46)21-30(33(47)42-10-6-25(7-11-42)41-17-15-40(16-18-41)22-31(45)39-50)51-35(49)43-12-8-26(9-13-43)44-14-5-24-3-1-2-4-29(24)38-34(44)48/h1-4,19-20,25-26,30,46,50H,5-18,21-22,36-37H2,(H,38,48)(H,39,45)/t30-/m1/s1. The highest BCUT2D eigenvalue weighted by atomic mass is 16.6. The molecule has 4 N–H and O–H groups in total. The van der Waals surface area contributed by atoms with Crippen molar-refractivity contribution in [3.05, 3.63) is 47.5 Å². The second-order valence-corrected chi connectivity index (χ2v) is 14.3. The molecule has 4 aliphatic rings. The number of hydrogen-bond acceptors (Lipinski definition) is 9. The van der Waals surface area contributed by atoms with Gasteiger partial charge in [-0.2, -0.15) is 0 Å². The van der Waals surface area contributed by atoms with Gasteiger partial charge in [0.1, 0.15) is 21.4 Å². The quantitative estimate of drug-likeness (QED) is 0.148. The van der Waals surface area contributed by atoms with Gasteiger partial charge >= 0.3 is 12.1 Å². The lowest BCUT2D eigenvalue weighted by Crippen LogP contribution is -2.56. The highest BCUT2D eigenvalue weighted by molar-refractivity contribution is 6.41. The number of rotatable bonds is 8. The van der Waals surface area contributed by atoms with Gasteiger partial charge in [-0.15, -0.1) is 0 Å². The van der Waals surface area contributed by atoms with E-state index in [1.54, 1.807) is 15.3 Å². The average molecular weight is 701 g/mol. The number of fused-ring (bicyclic) bond motifs is 1. The van der Waals surface area contributed by atoms with Crippen LogP contribution in [0, 0.1) is 0 Å². The zero-order valence-corrected chi connectivity index (χ0v) is 29.7. The summed E-state index contributed by atoms with van der Waals surface area (Å²) < 4.78 is 6.05. The lowest BCUT2D eigenvalue weighted by molar-refractivity contribution is -0.142. The van der Waals surface area contributed by atoms with Crippen LogP contribution in [-0.2, 0) is 27.2 Å². The maximum absolute atomic E-state index is 14.1. The maximum Gasteiger partial charge on any atom is 0.410 e. The summed E-state index contributed by atoms with van der Waals surface area (Å²) in [5.41, 5.74) is 5.85. The number of urea groups is 1. The number of amides is 5. The minimum atomic E-state index is -1.02. The fraction of sp³-hybridized carbons (Fsp3) is 0.543. The van der Waals surface area contributed by atoms with Gasteiger partial charge in [0.25, 0.3) is 11.8 Å². The van der Waals surface area contributed by atoms with Crippen molar-refractivity contribution in [2.75, 3.05) is 70.8 Å². The molecule has 2 aromatic rings. The molecule has 3 saturated heterocycles. The Morgan fingerprint density at radius 3 is 2.18 bits per heavy atom. The molecule has 0 bridgehead atoms. The Balaban J connectivity index is 1.06. The van der Waals surface area contributed by atoms with E-state index < -0.39 is 18.1 Å². The van der Waals surface area contributed by atoms with Crippen LogP contribution in [0.2, 0.25) is 0 Å². The number of likely N-dealkylation sites (tertiary alicyclic amines) is 2. The first-order chi connectivity index (χ1) is 24.6. The molecule has 16 heteroatoms. The van der Waals surface area contributed by atoms with Crippen molar-refractivity contribution in [2.45, 2.75) is 56.7 Å². The summed E-state index contributed by atoms with van der Waals surface area (Å²) in [7, 11) is 3.63. The van der Waals surface area contributed by atoms with E-state index >= 15 is 0 Å². The van der Waals surface area contributed by atoms with E-state index in [2.05, 4.69) is 10.2 Å². The van der Waals surface area contributed by atoms with Crippen LogP contribution in [-0.4, -0.2) is 158 Å². The Morgan fingerprint density at radius 2 is 1.51 bits per heavy atom. The third kappa shape index (κ3) is 8.79. The second kappa shape index (κ2) is 16.4. The number of hydrogen-bond donors (Lipinski definition) is 4. The molecule has 0 aliphatic carbocycles. The third-order valence-electron chi connectivity index (χ3n) is 11.0. The summed E-state index contributed by atoms with van der Waals surface area (Å²) >= 11 is 0. The number of piperazine rings is 1. The predicted molar refractivity (Wildman–Crippen MR) is 196 cm³/mol. The molecule has 5 amide bonds. The molecule has 0 unspecified atom stereocenters. The molecular weight excluding hydrogens is 652 g/mol. The van der Waals surface area contributed by atoms with Gasteiger partial charge in [0.15, 0.2) is 6.10 Å². The Bertz CT molecular complexity index is 1570. The molecule has 6 rings (SSSR count). The zero-order valence-electron chi connectivity index (χ0n) is 29.7. The average Bonchev–Trinajstić information content (AvgIpc) is 3.31. The van der Waals surface area contributed by atoms with Gasteiger partial charge in [-0.3, -0.25) is 24.6 Å². The molecule has 2 aromatic carbocycles. The van der Waals surface area contributed by atoms with Crippen molar-refractivity contribution in [3.63, 3.8) is 0 Å². The van der Waals surface area contributed by atoms with Crippen LogP contribution >= 0.6 is 0 Å². The van der Waals surface area contributed by atoms with E-state index in [0.717, 1.165) is 62.3 Å². The molecule has 0 saturated carbocycles. The molecule has 4 heterocycles. The summed E-state index contributed by atoms with van der Waals surface area (Å²) in [4.78, 5) is 62.1. The van der Waals surface area contributed by atoms with Crippen molar-refractivity contribution in [2.24, 2.45) is 0 Å². The molecule has 0 aromatic heterocycles. The molecule has 4 aliphatic heterocycles. The van der Waals surface area contributed by atoms with Gasteiger partial charge in [-0.25, -0.2) is 15.1 Å². The number of anilines is 1. The highest BCUT2D eigenvalue weighted by Crippen LogP contribution is 2.26. The van der Waals surface area contributed by atoms with Gasteiger partial charge < -0.3 is 29.9 Å². The van der Waals surface area contributed by atoms with Gasteiger partial charge in [0, 0.05) is 83.1 Å². The van der Waals surface area contributed by atoms with Crippen molar-refractivity contribution < 1.29 is 34.2 Å². The van der Waals surface area contributed by atoms with E-state index in [-0.39, 0.29) is 36.7 Å². The van der Waals surface area contributed by atoms with Gasteiger partial charge in [0.05, 0.1) is 6.54 Å². The van der Waals surface area contributed by atoms with Crippen LogP contribution < -0.4 is 21.7 Å². The van der Waals surface area contributed by atoms with E-state index in [1.807, 2.05) is 61.9 Å². The Labute approximate surface area is 300 Å². The normalized spacial score (nSPS) is 20.3. The van der Waals surface area contributed by atoms with E-state index in [9.17, 15) is 24.3 Å². The van der Waals surface area contributed by atoms with Crippen LogP contribution in [0.1, 0.15) is 36.8 Å². The van der Waals surface area contributed by atoms with Gasteiger partial charge in [-0.1, -0.05) is 30.3 Å². The lowest BCUT2D eigenvalue weighted by Gasteiger charge is -2.43. The Morgan fingerprint density at radius 1 is 0.882 bits per heavy atom. The van der Waals surface area contributed by atoms with Crippen molar-refractivity contribution in [1.82, 2.24) is 30.0 Å². The Kier molecular flexibility index (Phi) is 11.7. The van der Waals surface area contributed by atoms with Gasteiger partial charge in [-0.05, 0) is 60.2 Å². The number of carbonyl (C=O) groups excluding carboxylic acids is 4. The topological polar surface area (TPSA) is 158 Å². The number of benzene rings is 2. The molecule has 1 atom stereocenters. The van der Waals surface area contributed by atoms with Gasteiger partial charge in [0.2, 0.25) is 0 Å². The van der Waals surface area contributed by atoms with Crippen LogP contribution in [0.15, 0.2) is 36.4 Å². The number of para-hydroxylation sites is 1. The fourth-order valence-corrected chi connectivity index (χ4v) is 8.03. The van der Waals surface area contributed by atoms with Crippen molar-refractivity contribution in [3.8, 4) is 5.75 Å². The van der Waals surface area contributed by atoms with Crippen molar-refractivity contribution in [1.29, 1.82) is 0 Å². The number of phenols is 1. The zero-order chi connectivity index (χ0) is 36.1. The van der Waals surface area contributed by atoms with E-state index in [0.29, 0.717) is 62.5 Å². The molecule has 0 spiro atoms. The van der Waals surface area contributed by atoms with Crippen LogP contribution in [0.3, 0.4) is 0 Å². The molecule has 0 radical (unpaired) electrons. The summed E-state index contributed by atoms with van der Waals surface area (Å²) in [5.74, 6) is -0.426. The minimum Gasteiger partial charge on any atom is -0.509 e. The first-order valence-electron chi connectivity index (χ1n) is 18.2. The number of nitrogens with one attached hydrogen (secondary N) is 2. The molecule has 3 fully saturated rings. The smallest absolute Gasteiger partial charge is 0.410 e. The number of nitrogens with zero attached hydrogens (tertiary/aromatic N) is 5. The number of phenolic OH excluding ortho intramolecular Hbond substituents is 1. The first kappa shape index (κ1) is 36.5. The molecule has 272 valence electrons. The monoisotopic (exact) mass is 701 g/mol. The molecular formula is C35H49B2N7O7. The first-order valence-corrected chi connectivity index (χ1v) is 18.2. The highest BCUT2D eigenvalue weighted by Gasteiger charge is 2.36. The van der Waals surface area contributed by atoms with Crippen LogP contribution in [0.4, 0.5) is 15.3 Å². The SMILES string of the molecule is Bc1cc(C[C@@H](OC(=O)N2CCC(N3CCc4ccccc4NC3=O)CC2)C(=O)N2CCC(N3CCN(CC(=O)NO)CC3)CC2)cc(B)c1O. The second-order valence-electron chi connectivity index (χ2n) is 14.3. The number of ether oxygens (including phenoxy) is 1. The number of hydroxylamine groups is 1. The largest absolute Gasteiger partial charge is 0.509 e. The fourth-order valence-electron chi connectivity index (χ4n) is 8.03. The maximum atomic E-state index is 14.1. The van der Waals surface area contributed by atoms with E-state index in [1.165, 1.54) is 0 Å². The predicted octanol–water partition coefficient (Wildman–Crippen LogP) is -1.37. The summed E-state index contributed by atoms with van der Waals surface area (Å²) in [6, 6.07) is 11.7. The summed E-state index contributed by atoms with van der Waals surface area (Å²) in [5, 5.41) is 22.2. The molecule has 51 heavy (non-hydrogen) atoms. The third-order valence-corrected chi connectivity index (χ3v) is 11.0. The number of piperidine rings is 2. The summed E-state index contributed by atoms with van der Waals surface area (Å²) in [6.45, 7) is 5.78. The van der Waals surface area contributed by atoms with Crippen molar-refractivity contribution >= 4 is 56.2 Å². The molecule has 14 nitrogen and oxygen atoms in total. The minimum absolute atomic E-state index is 0.00643.